The lowest BCUT2D eigenvalue weighted by molar-refractivity contribution is -0.120. The Morgan fingerprint density at radius 3 is 2.47 bits per heavy atom. The quantitative estimate of drug-likeness (QED) is 0.372. The van der Waals surface area contributed by atoms with Crippen LogP contribution in [0.4, 0.5) is 5.69 Å². The molecule has 1 aliphatic heterocycles. The number of amides is 3. The molecular weight excluding hydrogens is 452 g/mol. The van der Waals surface area contributed by atoms with Crippen LogP contribution in [-0.4, -0.2) is 23.8 Å². The van der Waals surface area contributed by atoms with Crippen molar-refractivity contribution in [1.82, 2.24) is 5.32 Å². The number of nitrogens with one attached hydrogen (secondary N) is 1. The number of benzene rings is 3. The Morgan fingerprint density at radius 2 is 1.76 bits per heavy atom. The lowest BCUT2D eigenvalue weighted by Gasteiger charge is -2.13. The number of nitrogens with zero attached hydrogens (tertiary/aromatic N) is 1. The Bertz CT molecular complexity index is 1280. The van der Waals surface area contributed by atoms with E-state index >= 15 is 0 Å². The Labute approximate surface area is 202 Å². The Hall–Kier alpha value is -3.90. The third kappa shape index (κ3) is 5.18. The SMILES string of the molecule is CC(C)NC(=O)c1ccc(Oc2ccccc2/C=C2/CC(=O)N(c3cccc(Cl)c3)C2=O)cc1. The number of imide groups is 1. The van der Waals surface area contributed by atoms with Crippen molar-refractivity contribution >= 4 is 41.1 Å². The van der Waals surface area contributed by atoms with Gasteiger partial charge in [0.05, 0.1) is 12.1 Å². The minimum absolute atomic E-state index is 0.0145. The van der Waals surface area contributed by atoms with Crippen molar-refractivity contribution < 1.29 is 19.1 Å². The molecule has 0 spiro atoms. The van der Waals surface area contributed by atoms with Gasteiger partial charge < -0.3 is 10.1 Å². The molecule has 0 bridgehead atoms. The maximum Gasteiger partial charge on any atom is 0.261 e. The largest absolute Gasteiger partial charge is 0.457 e. The molecule has 4 rings (SSSR count). The summed E-state index contributed by atoms with van der Waals surface area (Å²) >= 11 is 6.03. The zero-order valence-corrected chi connectivity index (χ0v) is 19.5. The van der Waals surface area contributed by atoms with Crippen molar-refractivity contribution in [2.45, 2.75) is 26.3 Å². The van der Waals surface area contributed by atoms with Crippen LogP contribution in [0, 0.1) is 0 Å². The summed E-state index contributed by atoms with van der Waals surface area (Å²) in [5.74, 6) is 0.215. The number of hydrogen-bond acceptors (Lipinski definition) is 4. The summed E-state index contributed by atoms with van der Waals surface area (Å²) in [6, 6.07) is 20.7. The molecule has 3 amide bonds. The summed E-state index contributed by atoms with van der Waals surface area (Å²) in [6.45, 7) is 3.80. The smallest absolute Gasteiger partial charge is 0.261 e. The molecule has 1 heterocycles. The molecule has 34 heavy (non-hydrogen) atoms. The predicted molar refractivity (Wildman–Crippen MR) is 132 cm³/mol. The van der Waals surface area contributed by atoms with Gasteiger partial charge >= 0.3 is 0 Å². The van der Waals surface area contributed by atoms with Gasteiger partial charge in [-0.2, -0.15) is 0 Å². The summed E-state index contributed by atoms with van der Waals surface area (Å²) in [4.78, 5) is 38.9. The van der Waals surface area contributed by atoms with E-state index < -0.39 is 0 Å². The van der Waals surface area contributed by atoms with E-state index in [1.807, 2.05) is 32.0 Å². The zero-order valence-electron chi connectivity index (χ0n) is 18.7. The Balaban J connectivity index is 1.55. The normalized spacial score (nSPS) is 14.7. The maximum atomic E-state index is 13.0. The van der Waals surface area contributed by atoms with Crippen molar-refractivity contribution in [2.75, 3.05) is 4.90 Å². The molecule has 1 saturated heterocycles. The number of carbonyl (C=O) groups excluding carboxylic acids is 3. The predicted octanol–water partition coefficient (Wildman–Crippen LogP) is 5.62. The molecule has 0 radical (unpaired) electrons. The molecule has 1 N–H and O–H groups in total. The van der Waals surface area contributed by atoms with Gasteiger partial charge in [0.2, 0.25) is 5.91 Å². The second-order valence-electron chi connectivity index (χ2n) is 8.15. The Morgan fingerprint density at radius 1 is 1.03 bits per heavy atom. The third-order valence-electron chi connectivity index (χ3n) is 5.15. The number of anilines is 1. The van der Waals surface area contributed by atoms with Crippen LogP contribution in [0.25, 0.3) is 6.08 Å². The Kier molecular flexibility index (Phi) is 6.80. The van der Waals surface area contributed by atoms with E-state index in [1.54, 1.807) is 60.7 Å². The molecule has 0 aliphatic carbocycles. The van der Waals surface area contributed by atoms with Crippen molar-refractivity contribution in [1.29, 1.82) is 0 Å². The van der Waals surface area contributed by atoms with Crippen LogP contribution in [0.2, 0.25) is 5.02 Å². The molecule has 172 valence electrons. The van der Waals surface area contributed by atoms with Gasteiger partial charge in [0.25, 0.3) is 11.8 Å². The van der Waals surface area contributed by atoms with Crippen molar-refractivity contribution in [3.63, 3.8) is 0 Å². The van der Waals surface area contributed by atoms with E-state index in [2.05, 4.69) is 5.32 Å². The van der Waals surface area contributed by atoms with Crippen LogP contribution in [-0.2, 0) is 9.59 Å². The third-order valence-corrected chi connectivity index (χ3v) is 5.38. The first-order valence-corrected chi connectivity index (χ1v) is 11.2. The molecule has 0 atom stereocenters. The number of ether oxygens (including phenoxy) is 1. The highest BCUT2D eigenvalue weighted by Gasteiger charge is 2.35. The van der Waals surface area contributed by atoms with Crippen LogP contribution in [0.15, 0.2) is 78.4 Å². The summed E-state index contributed by atoms with van der Waals surface area (Å²) in [6.07, 6.45) is 1.66. The van der Waals surface area contributed by atoms with Gasteiger partial charge in [-0.15, -0.1) is 0 Å². The second-order valence-corrected chi connectivity index (χ2v) is 8.59. The first kappa shape index (κ1) is 23.3. The van der Waals surface area contributed by atoms with Crippen LogP contribution >= 0.6 is 11.6 Å². The average Bonchev–Trinajstić information content (AvgIpc) is 3.07. The number of halogens is 1. The molecule has 6 nitrogen and oxygen atoms in total. The van der Waals surface area contributed by atoms with E-state index in [0.717, 1.165) is 4.90 Å². The van der Waals surface area contributed by atoms with Crippen LogP contribution in [0.3, 0.4) is 0 Å². The van der Waals surface area contributed by atoms with Crippen molar-refractivity contribution in [2.24, 2.45) is 0 Å². The first-order valence-electron chi connectivity index (χ1n) is 10.8. The molecular formula is C27H23ClN2O4. The molecule has 3 aromatic carbocycles. The van der Waals surface area contributed by atoms with Gasteiger partial charge in [-0.25, -0.2) is 4.90 Å². The van der Waals surface area contributed by atoms with Crippen molar-refractivity contribution in [3.8, 4) is 11.5 Å². The van der Waals surface area contributed by atoms with E-state index in [0.29, 0.717) is 38.9 Å². The lowest BCUT2D eigenvalue weighted by Crippen LogP contribution is -2.29. The fraction of sp³-hybridized carbons (Fsp3) is 0.148. The maximum absolute atomic E-state index is 13.0. The topological polar surface area (TPSA) is 75.7 Å². The monoisotopic (exact) mass is 474 g/mol. The summed E-state index contributed by atoms with van der Waals surface area (Å²) in [5, 5.41) is 3.29. The zero-order chi connectivity index (χ0) is 24.2. The highest BCUT2D eigenvalue weighted by Crippen LogP contribution is 2.32. The van der Waals surface area contributed by atoms with Crippen LogP contribution in [0.5, 0.6) is 11.5 Å². The summed E-state index contributed by atoms with van der Waals surface area (Å²) in [5.41, 5.74) is 2.00. The molecule has 3 aromatic rings. The fourth-order valence-corrected chi connectivity index (χ4v) is 3.78. The molecule has 7 heteroatoms. The number of para-hydroxylation sites is 1. The molecule has 0 aromatic heterocycles. The van der Waals surface area contributed by atoms with Crippen molar-refractivity contribution in [3.05, 3.63) is 94.5 Å². The minimum Gasteiger partial charge on any atom is -0.457 e. The van der Waals surface area contributed by atoms with Gasteiger partial charge in [-0.3, -0.25) is 14.4 Å². The van der Waals surface area contributed by atoms with Gasteiger partial charge in [0.15, 0.2) is 0 Å². The summed E-state index contributed by atoms with van der Waals surface area (Å²) < 4.78 is 6.02. The number of carbonyl (C=O) groups is 3. The average molecular weight is 475 g/mol. The van der Waals surface area contributed by atoms with E-state index in [1.165, 1.54) is 0 Å². The van der Waals surface area contributed by atoms with E-state index in [4.69, 9.17) is 16.3 Å². The van der Waals surface area contributed by atoms with E-state index in [-0.39, 0.29) is 30.2 Å². The fourth-order valence-electron chi connectivity index (χ4n) is 3.59. The van der Waals surface area contributed by atoms with Gasteiger partial charge in [-0.1, -0.05) is 35.9 Å². The van der Waals surface area contributed by atoms with Crippen LogP contribution in [0.1, 0.15) is 36.2 Å². The first-order chi connectivity index (χ1) is 16.3. The standard InChI is InChI=1S/C27H23ClN2O4/c1-17(2)29-26(32)18-10-12-23(13-11-18)34-24-9-4-3-6-19(24)14-20-15-25(31)30(27(20)33)22-8-5-7-21(28)16-22/h3-14,16-17H,15H2,1-2H3,(H,29,32)/b20-14-. The minimum atomic E-state index is -0.386. The highest BCUT2D eigenvalue weighted by atomic mass is 35.5. The number of hydrogen-bond donors (Lipinski definition) is 1. The molecule has 1 aliphatic rings. The van der Waals surface area contributed by atoms with Crippen LogP contribution < -0.4 is 15.0 Å². The molecule has 0 unspecified atom stereocenters. The second kappa shape index (κ2) is 9.93. The number of rotatable bonds is 6. The van der Waals surface area contributed by atoms with Gasteiger partial charge in [0, 0.05) is 27.8 Å². The lowest BCUT2D eigenvalue weighted by atomic mass is 10.1. The summed E-state index contributed by atoms with van der Waals surface area (Å²) in [7, 11) is 0. The molecule has 0 saturated carbocycles. The highest BCUT2D eigenvalue weighted by molar-refractivity contribution is 6.32. The van der Waals surface area contributed by atoms with Gasteiger partial charge in [0.1, 0.15) is 11.5 Å². The van der Waals surface area contributed by atoms with Gasteiger partial charge in [-0.05, 0) is 68.5 Å². The molecule has 1 fully saturated rings. The van der Waals surface area contributed by atoms with E-state index in [9.17, 15) is 14.4 Å².